The zero-order valence-corrected chi connectivity index (χ0v) is 12.2. The van der Waals surface area contributed by atoms with Crippen LogP contribution < -0.4 is 5.56 Å². The normalized spacial score (nSPS) is 10.6. The van der Waals surface area contributed by atoms with Gasteiger partial charge in [-0.1, -0.05) is 60.1 Å². The van der Waals surface area contributed by atoms with Crippen LogP contribution in [-0.2, 0) is 0 Å². The van der Waals surface area contributed by atoms with Gasteiger partial charge < -0.3 is 0 Å². The number of hydrogen-bond donors (Lipinski definition) is 0. The third-order valence-electron chi connectivity index (χ3n) is 3.31. The number of benzene rings is 2. The van der Waals surface area contributed by atoms with Crippen LogP contribution in [0.3, 0.4) is 0 Å². The molecular weight excluding hydrogens is 284 g/mol. The smallest absolute Gasteiger partial charge is 0.277 e. The van der Waals surface area contributed by atoms with E-state index in [1.165, 1.54) is 0 Å². The highest BCUT2D eigenvalue weighted by Gasteiger charge is 2.14. The summed E-state index contributed by atoms with van der Waals surface area (Å²) in [6.07, 6.45) is 0. The van der Waals surface area contributed by atoms with Crippen molar-refractivity contribution in [1.82, 2.24) is 9.55 Å². The fraction of sp³-hybridized carbons (Fsp3) is 0.0588. The molecular formula is C17H13ClN2O. The van der Waals surface area contributed by atoms with Crippen LogP contribution >= 0.6 is 11.6 Å². The van der Waals surface area contributed by atoms with Crippen molar-refractivity contribution in [2.45, 2.75) is 6.92 Å². The van der Waals surface area contributed by atoms with Crippen molar-refractivity contribution in [3.8, 4) is 16.9 Å². The molecule has 2 aromatic carbocycles. The Morgan fingerprint density at radius 3 is 2.14 bits per heavy atom. The summed E-state index contributed by atoms with van der Waals surface area (Å²) in [7, 11) is 0. The highest BCUT2D eigenvalue weighted by molar-refractivity contribution is 6.30. The summed E-state index contributed by atoms with van der Waals surface area (Å²) in [5.41, 5.74) is 2.35. The van der Waals surface area contributed by atoms with Gasteiger partial charge in [-0.15, -0.1) is 0 Å². The molecule has 1 heterocycles. The zero-order valence-electron chi connectivity index (χ0n) is 11.5. The Morgan fingerprint density at radius 1 is 0.952 bits per heavy atom. The molecule has 0 N–H and O–H groups in total. The van der Waals surface area contributed by atoms with Crippen molar-refractivity contribution < 1.29 is 0 Å². The van der Waals surface area contributed by atoms with Crippen molar-refractivity contribution >= 4 is 11.6 Å². The van der Waals surface area contributed by atoms with Crippen LogP contribution in [0.15, 0.2) is 65.5 Å². The fourth-order valence-corrected chi connectivity index (χ4v) is 2.42. The van der Waals surface area contributed by atoms with Gasteiger partial charge in [0.05, 0.1) is 5.69 Å². The topological polar surface area (TPSA) is 34.9 Å². The molecule has 3 rings (SSSR count). The molecule has 0 amide bonds. The summed E-state index contributed by atoms with van der Waals surface area (Å²) in [5.74, 6) is 0. The van der Waals surface area contributed by atoms with Gasteiger partial charge >= 0.3 is 0 Å². The summed E-state index contributed by atoms with van der Waals surface area (Å²) < 4.78 is 1.59. The average molecular weight is 297 g/mol. The first kappa shape index (κ1) is 13.6. The van der Waals surface area contributed by atoms with Crippen LogP contribution in [0.4, 0.5) is 0 Å². The standard InChI is InChI=1S/C17H13ClN2O/c1-12-16(18)19-15(13-8-4-2-5-9-13)17(21)20(12)14-10-6-3-7-11-14/h2-11H,1H3. The van der Waals surface area contributed by atoms with Crippen molar-refractivity contribution in [3.05, 3.63) is 81.9 Å². The molecule has 0 radical (unpaired) electrons. The zero-order chi connectivity index (χ0) is 14.8. The van der Waals surface area contributed by atoms with E-state index in [1.54, 1.807) is 11.5 Å². The van der Waals surface area contributed by atoms with E-state index in [1.807, 2.05) is 60.7 Å². The molecule has 3 aromatic rings. The average Bonchev–Trinajstić information content (AvgIpc) is 2.53. The molecule has 0 aliphatic carbocycles. The molecule has 1 aromatic heterocycles. The number of aromatic nitrogens is 2. The van der Waals surface area contributed by atoms with Gasteiger partial charge in [-0.25, -0.2) is 4.98 Å². The highest BCUT2D eigenvalue weighted by atomic mass is 35.5. The molecule has 0 saturated carbocycles. The van der Waals surface area contributed by atoms with Crippen LogP contribution in [0.25, 0.3) is 16.9 Å². The number of rotatable bonds is 2. The maximum atomic E-state index is 12.8. The Hall–Kier alpha value is -2.39. The number of hydrogen-bond acceptors (Lipinski definition) is 2. The maximum Gasteiger partial charge on any atom is 0.281 e. The van der Waals surface area contributed by atoms with E-state index in [-0.39, 0.29) is 5.56 Å². The second-order valence-electron chi connectivity index (χ2n) is 4.68. The fourth-order valence-electron chi connectivity index (χ4n) is 2.25. The molecule has 21 heavy (non-hydrogen) atoms. The van der Waals surface area contributed by atoms with Gasteiger partial charge in [0, 0.05) is 11.3 Å². The monoisotopic (exact) mass is 296 g/mol. The van der Waals surface area contributed by atoms with Crippen LogP contribution in [0.5, 0.6) is 0 Å². The lowest BCUT2D eigenvalue weighted by Gasteiger charge is -2.13. The predicted molar refractivity (Wildman–Crippen MR) is 85.0 cm³/mol. The van der Waals surface area contributed by atoms with Crippen molar-refractivity contribution in [1.29, 1.82) is 0 Å². The van der Waals surface area contributed by atoms with Crippen LogP contribution in [-0.4, -0.2) is 9.55 Å². The van der Waals surface area contributed by atoms with Gasteiger partial charge in [0.15, 0.2) is 0 Å². The van der Waals surface area contributed by atoms with Crippen molar-refractivity contribution in [2.24, 2.45) is 0 Å². The van der Waals surface area contributed by atoms with Gasteiger partial charge in [0.2, 0.25) is 0 Å². The maximum absolute atomic E-state index is 12.8. The predicted octanol–water partition coefficient (Wildman–Crippen LogP) is 3.86. The van der Waals surface area contributed by atoms with E-state index in [0.29, 0.717) is 16.5 Å². The second kappa shape index (κ2) is 5.54. The minimum Gasteiger partial charge on any atom is -0.277 e. The number of halogens is 1. The van der Waals surface area contributed by atoms with Crippen LogP contribution in [0.1, 0.15) is 5.69 Å². The van der Waals surface area contributed by atoms with E-state index in [2.05, 4.69) is 4.98 Å². The van der Waals surface area contributed by atoms with E-state index in [4.69, 9.17) is 11.6 Å². The molecule has 0 aliphatic heterocycles. The Morgan fingerprint density at radius 2 is 1.52 bits per heavy atom. The first-order valence-electron chi connectivity index (χ1n) is 6.58. The SMILES string of the molecule is Cc1c(Cl)nc(-c2ccccc2)c(=O)n1-c1ccccc1. The molecule has 0 fully saturated rings. The van der Waals surface area contributed by atoms with Crippen molar-refractivity contribution in [3.63, 3.8) is 0 Å². The Bertz CT molecular complexity index is 827. The third-order valence-corrected chi connectivity index (χ3v) is 3.67. The summed E-state index contributed by atoms with van der Waals surface area (Å²) in [5, 5.41) is 0.331. The Kier molecular flexibility index (Phi) is 3.59. The lowest BCUT2D eigenvalue weighted by atomic mass is 10.1. The molecule has 4 heteroatoms. The summed E-state index contributed by atoms with van der Waals surface area (Å²) in [4.78, 5) is 17.0. The highest BCUT2D eigenvalue weighted by Crippen LogP contribution is 2.20. The first-order chi connectivity index (χ1) is 10.2. The quantitative estimate of drug-likeness (QED) is 0.720. The number of nitrogens with zero attached hydrogens (tertiary/aromatic N) is 2. The summed E-state index contributed by atoms with van der Waals surface area (Å²) in [6.45, 7) is 1.79. The van der Waals surface area contributed by atoms with Gasteiger partial charge in [-0.3, -0.25) is 9.36 Å². The Balaban J connectivity index is 2.32. The molecule has 0 unspecified atom stereocenters. The molecule has 0 bridgehead atoms. The van der Waals surface area contributed by atoms with Crippen LogP contribution in [0, 0.1) is 6.92 Å². The Labute approximate surface area is 127 Å². The largest absolute Gasteiger partial charge is 0.281 e. The van der Waals surface area contributed by atoms with Gasteiger partial charge in [-0.2, -0.15) is 0 Å². The first-order valence-corrected chi connectivity index (χ1v) is 6.96. The molecule has 0 atom stereocenters. The van der Waals surface area contributed by atoms with Crippen molar-refractivity contribution in [2.75, 3.05) is 0 Å². The van der Waals surface area contributed by atoms with Gasteiger partial charge in [0.1, 0.15) is 10.8 Å². The van der Waals surface area contributed by atoms with E-state index in [9.17, 15) is 4.79 Å². The van der Waals surface area contributed by atoms with E-state index >= 15 is 0 Å². The van der Waals surface area contributed by atoms with Crippen LogP contribution in [0.2, 0.25) is 5.15 Å². The van der Waals surface area contributed by atoms with Gasteiger partial charge in [-0.05, 0) is 19.1 Å². The third kappa shape index (κ3) is 2.48. The molecule has 3 nitrogen and oxygen atoms in total. The lowest BCUT2D eigenvalue weighted by molar-refractivity contribution is 0.909. The second-order valence-corrected chi connectivity index (χ2v) is 5.04. The minimum absolute atomic E-state index is 0.172. The molecule has 0 aliphatic rings. The molecule has 0 saturated heterocycles. The molecule has 0 spiro atoms. The van der Waals surface area contributed by atoms with E-state index < -0.39 is 0 Å². The lowest BCUT2D eigenvalue weighted by Crippen LogP contribution is -2.24. The summed E-state index contributed by atoms with van der Waals surface area (Å²) >= 11 is 6.22. The van der Waals surface area contributed by atoms with E-state index in [0.717, 1.165) is 11.3 Å². The summed E-state index contributed by atoms with van der Waals surface area (Å²) in [6, 6.07) is 18.8. The molecule has 104 valence electrons. The number of para-hydroxylation sites is 1. The van der Waals surface area contributed by atoms with Gasteiger partial charge in [0.25, 0.3) is 5.56 Å². The minimum atomic E-state index is -0.172.